The molecule has 1 unspecified atom stereocenters. The van der Waals surface area contributed by atoms with Crippen molar-refractivity contribution in [3.8, 4) is 0 Å². The lowest BCUT2D eigenvalue weighted by atomic mass is 10.1. The molecule has 0 aromatic carbocycles. The molecule has 1 N–H and O–H groups in total. The van der Waals surface area contributed by atoms with Gasteiger partial charge in [0.1, 0.15) is 0 Å². The molecule has 0 radical (unpaired) electrons. The maximum absolute atomic E-state index is 4.41. The van der Waals surface area contributed by atoms with Gasteiger partial charge in [-0.2, -0.15) is 5.10 Å². The Morgan fingerprint density at radius 2 is 2.26 bits per heavy atom. The largest absolute Gasteiger partial charge is 0.308 e. The summed E-state index contributed by atoms with van der Waals surface area (Å²) in [5.74, 6) is 0. The number of aromatic nitrogens is 3. The lowest BCUT2D eigenvalue weighted by Gasteiger charge is -2.19. The zero-order chi connectivity index (χ0) is 13.7. The van der Waals surface area contributed by atoms with E-state index in [1.807, 2.05) is 36.3 Å². The number of hydrogen-bond acceptors (Lipinski definition) is 3. The van der Waals surface area contributed by atoms with Gasteiger partial charge in [0.2, 0.25) is 0 Å². The average Bonchev–Trinajstić information content (AvgIpc) is 2.75. The molecule has 1 atom stereocenters. The molecule has 102 valence electrons. The highest BCUT2D eigenvalue weighted by atomic mass is 79.9. The van der Waals surface area contributed by atoms with Gasteiger partial charge in [-0.15, -0.1) is 0 Å². The Labute approximate surface area is 122 Å². The van der Waals surface area contributed by atoms with Gasteiger partial charge in [0.05, 0.1) is 22.4 Å². The van der Waals surface area contributed by atoms with Gasteiger partial charge < -0.3 is 5.32 Å². The van der Waals surface area contributed by atoms with Crippen LogP contribution in [0.5, 0.6) is 0 Å². The van der Waals surface area contributed by atoms with Crippen LogP contribution in [0.2, 0.25) is 0 Å². The first-order valence-corrected chi connectivity index (χ1v) is 7.32. The van der Waals surface area contributed by atoms with Crippen LogP contribution >= 0.6 is 15.9 Å². The number of pyridine rings is 1. The van der Waals surface area contributed by atoms with Crippen molar-refractivity contribution < 1.29 is 0 Å². The van der Waals surface area contributed by atoms with Crippen LogP contribution in [0, 0.1) is 0 Å². The van der Waals surface area contributed by atoms with Crippen molar-refractivity contribution in [1.82, 2.24) is 20.1 Å². The van der Waals surface area contributed by atoms with E-state index in [0.29, 0.717) is 0 Å². The van der Waals surface area contributed by atoms with Crippen LogP contribution in [0.1, 0.15) is 30.8 Å². The lowest BCUT2D eigenvalue weighted by Crippen LogP contribution is -2.26. The van der Waals surface area contributed by atoms with Gasteiger partial charge in [-0.25, -0.2) is 0 Å². The molecule has 0 aliphatic rings. The molecule has 0 aliphatic carbocycles. The Balaban J connectivity index is 2.21. The van der Waals surface area contributed by atoms with Crippen LogP contribution in [0.25, 0.3) is 0 Å². The van der Waals surface area contributed by atoms with Gasteiger partial charge in [0.15, 0.2) is 0 Å². The summed E-state index contributed by atoms with van der Waals surface area (Å²) in [4.78, 5) is 4.41. The molecule has 0 amide bonds. The molecule has 19 heavy (non-hydrogen) atoms. The normalized spacial score (nSPS) is 12.6. The zero-order valence-electron chi connectivity index (χ0n) is 11.3. The first-order chi connectivity index (χ1) is 9.22. The van der Waals surface area contributed by atoms with E-state index in [1.54, 1.807) is 0 Å². The summed E-state index contributed by atoms with van der Waals surface area (Å²) in [7, 11) is 1.97. The first kappa shape index (κ1) is 14.2. The third-order valence-corrected chi connectivity index (χ3v) is 3.66. The quantitative estimate of drug-likeness (QED) is 0.889. The Morgan fingerprint density at radius 3 is 2.84 bits per heavy atom. The van der Waals surface area contributed by atoms with E-state index in [2.05, 4.69) is 44.3 Å². The van der Waals surface area contributed by atoms with Crippen molar-refractivity contribution in [3.05, 3.63) is 46.5 Å². The molecule has 0 saturated carbocycles. The number of rotatable bonds is 6. The molecule has 2 rings (SSSR count). The molecule has 0 fully saturated rings. The SMILES string of the molecule is CCCNC(Cc1ccccn1)c1c(Br)cnn1C. The number of aryl methyl sites for hydroxylation is 1. The summed E-state index contributed by atoms with van der Waals surface area (Å²) in [6.45, 7) is 3.15. The third kappa shape index (κ3) is 3.64. The predicted octanol–water partition coefficient (Wildman–Crippen LogP) is 2.86. The van der Waals surface area contributed by atoms with Crippen molar-refractivity contribution in [2.75, 3.05) is 6.54 Å². The van der Waals surface area contributed by atoms with Crippen molar-refractivity contribution in [2.45, 2.75) is 25.8 Å². The van der Waals surface area contributed by atoms with Gasteiger partial charge in [-0.3, -0.25) is 9.67 Å². The molecule has 4 nitrogen and oxygen atoms in total. The molecular formula is C14H19BrN4. The van der Waals surface area contributed by atoms with E-state index in [0.717, 1.165) is 29.6 Å². The summed E-state index contributed by atoms with van der Waals surface area (Å²) < 4.78 is 2.96. The monoisotopic (exact) mass is 322 g/mol. The van der Waals surface area contributed by atoms with E-state index in [9.17, 15) is 0 Å². The molecule has 0 saturated heterocycles. The molecule has 0 bridgehead atoms. The number of nitrogens with one attached hydrogen (secondary N) is 1. The number of hydrogen-bond donors (Lipinski definition) is 1. The summed E-state index contributed by atoms with van der Waals surface area (Å²) in [5, 5.41) is 7.87. The Kier molecular flexibility index (Phi) is 5.10. The van der Waals surface area contributed by atoms with Crippen LogP contribution < -0.4 is 5.32 Å². The second kappa shape index (κ2) is 6.82. The van der Waals surface area contributed by atoms with Crippen molar-refractivity contribution in [2.24, 2.45) is 7.05 Å². The Morgan fingerprint density at radius 1 is 1.42 bits per heavy atom. The first-order valence-electron chi connectivity index (χ1n) is 6.53. The van der Waals surface area contributed by atoms with Crippen molar-refractivity contribution >= 4 is 15.9 Å². The van der Waals surface area contributed by atoms with Crippen LogP contribution in [-0.2, 0) is 13.5 Å². The maximum Gasteiger partial charge on any atom is 0.0696 e. The van der Waals surface area contributed by atoms with E-state index < -0.39 is 0 Å². The van der Waals surface area contributed by atoms with Crippen LogP contribution in [0.4, 0.5) is 0 Å². The molecule has 2 aromatic heterocycles. The molecular weight excluding hydrogens is 304 g/mol. The molecule has 0 spiro atoms. The highest BCUT2D eigenvalue weighted by Gasteiger charge is 2.19. The number of halogens is 1. The smallest absolute Gasteiger partial charge is 0.0696 e. The van der Waals surface area contributed by atoms with E-state index >= 15 is 0 Å². The summed E-state index contributed by atoms with van der Waals surface area (Å²) in [6, 6.07) is 6.25. The summed E-state index contributed by atoms with van der Waals surface area (Å²) in [6.07, 6.45) is 5.64. The van der Waals surface area contributed by atoms with E-state index in [-0.39, 0.29) is 6.04 Å². The maximum atomic E-state index is 4.41. The second-order valence-corrected chi connectivity index (χ2v) is 5.39. The predicted molar refractivity (Wildman–Crippen MR) is 79.9 cm³/mol. The zero-order valence-corrected chi connectivity index (χ0v) is 12.9. The fourth-order valence-corrected chi connectivity index (χ4v) is 2.75. The topological polar surface area (TPSA) is 42.7 Å². The van der Waals surface area contributed by atoms with Gasteiger partial charge in [0, 0.05) is 25.4 Å². The van der Waals surface area contributed by atoms with Gasteiger partial charge in [-0.05, 0) is 41.0 Å². The molecule has 5 heteroatoms. The molecule has 2 aromatic rings. The lowest BCUT2D eigenvalue weighted by molar-refractivity contribution is 0.488. The van der Waals surface area contributed by atoms with Crippen molar-refractivity contribution in [1.29, 1.82) is 0 Å². The van der Waals surface area contributed by atoms with Crippen LogP contribution in [0.3, 0.4) is 0 Å². The minimum Gasteiger partial charge on any atom is -0.308 e. The molecule has 2 heterocycles. The minimum absolute atomic E-state index is 0.219. The Hall–Kier alpha value is -1.20. The summed E-state index contributed by atoms with van der Waals surface area (Å²) in [5.41, 5.74) is 2.25. The highest BCUT2D eigenvalue weighted by Crippen LogP contribution is 2.25. The average molecular weight is 323 g/mol. The number of nitrogens with zero attached hydrogens (tertiary/aromatic N) is 3. The standard InChI is InChI=1S/C14H19BrN4/c1-3-7-17-13(9-11-6-4-5-8-16-11)14-12(15)10-18-19(14)2/h4-6,8,10,13,17H,3,7,9H2,1-2H3. The second-order valence-electron chi connectivity index (χ2n) is 4.53. The van der Waals surface area contributed by atoms with Crippen LogP contribution in [-0.4, -0.2) is 21.3 Å². The van der Waals surface area contributed by atoms with E-state index in [4.69, 9.17) is 0 Å². The highest BCUT2D eigenvalue weighted by molar-refractivity contribution is 9.10. The van der Waals surface area contributed by atoms with E-state index in [1.165, 1.54) is 5.69 Å². The van der Waals surface area contributed by atoms with Crippen LogP contribution in [0.15, 0.2) is 35.1 Å². The van der Waals surface area contributed by atoms with Gasteiger partial charge >= 0.3 is 0 Å². The minimum atomic E-state index is 0.219. The molecule has 0 aliphatic heterocycles. The fourth-order valence-electron chi connectivity index (χ4n) is 2.12. The van der Waals surface area contributed by atoms with Gasteiger partial charge in [-0.1, -0.05) is 13.0 Å². The summed E-state index contributed by atoms with van der Waals surface area (Å²) >= 11 is 3.58. The van der Waals surface area contributed by atoms with Crippen molar-refractivity contribution in [3.63, 3.8) is 0 Å². The van der Waals surface area contributed by atoms with Gasteiger partial charge in [0.25, 0.3) is 0 Å². The Bertz CT molecular complexity index is 490. The fraction of sp³-hybridized carbons (Fsp3) is 0.429. The third-order valence-electron chi connectivity index (χ3n) is 3.05.